The van der Waals surface area contributed by atoms with Crippen molar-refractivity contribution in [1.29, 1.82) is 0 Å². The number of aromatic hydroxyl groups is 1. The molecule has 0 unspecified atom stereocenters. The smallest absolute Gasteiger partial charge is 0.270 e. The molecule has 0 radical (unpaired) electrons. The molecule has 0 spiro atoms. The number of nitrogens with two attached hydrogens (primary N) is 1. The maximum atomic E-state index is 10.5. The van der Waals surface area contributed by atoms with Gasteiger partial charge in [0.05, 0.1) is 4.92 Å². The first-order chi connectivity index (χ1) is 7.50. The van der Waals surface area contributed by atoms with E-state index in [0.29, 0.717) is 0 Å². The van der Waals surface area contributed by atoms with Gasteiger partial charge in [0.15, 0.2) is 0 Å². The van der Waals surface area contributed by atoms with Crippen LogP contribution in [0, 0.1) is 10.1 Å². The molecule has 0 aliphatic carbocycles. The van der Waals surface area contributed by atoms with Crippen LogP contribution >= 0.6 is 0 Å². The molecular formula is C10H10N2O4. The number of hydrogen-bond donors (Lipinski definition) is 2. The number of nitro groups is 1. The summed E-state index contributed by atoms with van der Waals surface area (Å²) in [6, 6.07) is 3.63. The molecule has 16 heavy (non-hydrogen) atoms. The van der Waals surface area contributed by atoms with Gasteiger partial charge in [-0.1, -0.05) is 12.2 Å². The summed E-state index contributed by atoms with van der Waals surface area (Å²) in [5.41, 5.74) is 5.06. The highest BCUT2D eigenvalue weighted by atomic mass is 16.6. The lowest BCUT2D eigenvalue weighted by atomic mass is 10.1. The minimum absolute atomic E-state index is 0.0160. The van der Waals surface area contributed by atoms with Crippen molar-refractivity contribution in [1.82, 2.24) is 0 Å². The van der Waals surface area contributed by atoms with Gasteiger partial charge in [0.1, 0.15) is 5.75 Å². The van der Waals surface area contributed by atoms with Crippen LogP contribution in [0.1, 0.15) is 12.0 Å². The molecule has 0 aliphatic rings. The number of carbonyl (C=O) groups excluding carboxylic acids is 1. The summed E-state index contributed by atoms with van der Waals surface area (Å²) in [5.74, 6) is -0.604. The summed E-state index contributed by atoms with van der Waals surface area (Å²) < 4.78 is 0. The van der Waals surface area contributed by atoms with Crippen LogP contribution in [0.3, 0.4) is 0 Å². The van der Waals surface area contributed by atoms with Crippen molar-refractivity contribution in [2.45, 2.75) is 6.42 Å². The van der Waals surface area contributed by atoms with Crippen LogP contribution in [0.2, 0.25) is 0 Å². The second kappa shape index (κ2) is 4.92. The number of non-ortho nitro benzene ring substituents is 1. The monoisotopic (exact) mass is 222 g/mol. The normalized spacial score (nSPS) is 10.5. The van der Waals surface area contributed by atoms with Crippen molar-refractivity contribution in [3.63, 3.8) is 0 Å². The fourth-order valence-electron chi connectivity index (χ4n) is 1.09. The number of nitro benzene ring substituents is 1. The summed E-state index contributed by atoms with van der Waals surface area (Å²) in [5, 5.41) is 19.9. The Morgan fingerprint density at radius 2 is 2.25 bits per heavy atom. The maximum Gasteiger partial charge on any atom is 0.270 e. The average Bonchev–Trinajstić information content (AvgIpc) is 2.20. The van der Waals surface area contributed by atoms with Gasteiger partial charge in [0, 0.05) is 24.1 Å². The number of phenols is 1. The first-order valence-corrected chi connectivity index (χ1v) is 4.43. The van der Waals surface area contributed by atoms with E-state index in [2.05, 4.69) is 0 Å². The van der Waals surface area contributed by atoms with Gasteiger partial charge < -0.3 is 10.8 Å². The Hall–Kier alpha value is -2.37. The van der Waals surface area contributed by atoms with Gasteiger partial charge >= 0.3 is 0 Å². The van der Waals surface area contributed by atoms with Crippen LogP contribution in [-0.4, -0.2) is 15.9 Å². The average molecular weight is 222 g/mol. The highest BCUT2D eigenvalue weighted by Crippen LogP contribution is 2.24. The molecule has 0 saturated heterocycles. The van der Waals surface area contributed by atoms with Gasteiger partial charge in [-0.05, 0) is 6.07 Å². The second-order valence-electron chi connectivity index (χ2n) is 3.07. The molecular weight excluding hydrogens is 212 g/mol. The summed E-state index contributed by atoms with van der Waals surface area (Å²) in [6.07, 6.45) is 2.86. The number of rotatable bonds is 4. The fourth-order valence-corrected chi connectivity index (χ4v) is 1.09. The van der Waals surface area contributed by atoms with E-state index in [0.717, 1.165) is 0 Å². The van der Waals surface area contributed by atoms with Crippen LogP contribution in [0.25, 0.3) is 6.08 Å². The zero-order chi connectivity index (χ0) is 12.1. The lowest BCUT2D eigenvalue weighted by molar-refractivity contribution is -0.384. The van der Waals surface area contributed by atoms with Crippen LogP contribution < -0.4 is 5.73 Å². The molecule has 0 bridgehead atoms. The SMILES string of the molecule is NC(=O)CC=Cc1cc([N+](=O)[O-])ccc1O. The van der Waals surface area contributed by atoms with Gasteiger partial charge in [-0.25, -0.2) is 0 Å². The van der Waals surface area contributed by atoms with E-state index >= 15 is 0 Å². The summed E-state index contributed by atoms with van der Waals surface area (Å²) in [4.78, 5) is 20.4. The van der Waals surface area contributed by atoms with Gasteiger partial charge in [-0.15, -0.1) is 0 Å². The van der Waals surface area contributed by atoms with Crippen LogP contribution in [-0.2, 0) is 4.79 Å². The Morgan fingerprint density at radius 1 is 1.56 bits per heavy atom. The van der Waals surface area contributed by atoms with Crippen molar-refractivity contribution < 1.29 is 14.8 Å². The van der Waals surface area contributed by atoms with Gasteiger partial charge in [-0.3, -0.25) is 14.9 Å². The highest BCUT2D eigenvalue weighted by Gasteiger charge is 2.07. The van der Waals surface area contributed by atoms with Crippen molar-refractivity contribution in [2.24, 2.45) is 5.73 Å². The molecule has 3 N–H and O–H groups in total. The molecule has 1 aromatic carbocycles. The quantitative estimate of drug-likeness (QED) is 0.589. The summed E-state index contributed by atoms with van der Waals surface area (Å²) in [7, 11) is 0. The minimum atomic E-state index is -0.565. The van der Waals surface area contributed by atoms with Crippen LogP contribution in [0.15, 0.2) is 24.3 Å². The molecule has 6 heteroatoms. The number of phenolic OH excluding ortho intramolecular Hbond substituents is 1. The van der Waals surface area contributed by atoms with Gasteiger partial charge in [0.2, 0.25) is 5.91 Å². The molecule has 1 rings (SSSR count). The fraction of sp³-hybridized carbons (Fsp3) is 0.100. The van der Waals surface area contributed by atoms with Gasteiger partial charge in [0.25, 0.3) is 5.69 Å². The predicted molar refractivity (Wildman–Crippen MR) is 57.6 cm³/mol. The first-order valence-electron chi connectivity index (χ1n) is 4.43. The zero-order valence-electron chi connectivity index (χ0n) is 8.29. The molecule has 1 amide bonds. The molecule has 0 saturated carbocycles. The first kappa shape index (κ1) is 11.7. The van der Waals surface area contributed by atoms with Crippen molar-refractivity contribution in [3.05, 3.63) is 40.0 Å². The number of hydrogen-bond acceptors (Lipinski definition) is 4. The van der Waals surface area contributed by atoms with Crippen molar-refractivity contribution in [3.8, 4) is 5.75 Å². The van der Waals surface area contributed by atoms with E-state index in [-0.39, 0.29) is 23.4 Å². The summed E-state index contributed by atoms with van der Waals surface area (Å²) >= 11 is 0. The molecule has 0 fully saturated rings. The molecule has 0 atom stereocenters. The van der Waals surface area contributed by atoms with Gasteiger partial charge in [-0.2, -0.15) is 0 Å². The Labute approximate surface area is 91.2 Å². The lowest BCUT2D eigenvalue weighted by Crippen LogP contribution is -2.07. The molecule has 0 aliphatic heterocycles. The predicted octanol–water partition coefficient (Wildman–Crippen LogP) is 1.19. The number of nitrogens with zero attached hydrogens (tertiary/aromatic N) is 1. The topological polar surface area (TPSA) is 106 Å². The van der Waals surface area contributed by atoms with Crippen molar-refractivity contribution >= 4 is 17.7 Å². The summed E-state index contributed by atoms with van der Waals surface area (Å²) in [6.45, 7) is 0. The van der Waals surface area contributed by atoms with E-state index in [1.54, 1.807) is 0 Å². The molecule has 1 aromatic rings. The highest BCUT2D eigenvalue weighted by molar-refractivity contribution is 5.76. The Morgan fingerprint density at radius 3 is 2.81 bits per heavy atom. The molecule has 84 valence electrons. The van der Waals surface area contributed by atoms with Crippen LogP contribution in [0.4, 0.5) is 5.69 Å². The molecule has 0 aromatic heterocycles. The Bertz CT molecular complexity index is 454. The van der Waals surface area contributed by atoms with E-state index < -0.39 is 10.8 Å². The maximum absolute atomic E-state index is 10.5. The third kappa shape index (κ3) is 3.09. The third-order valence-electron chi connectivity index (χ3n) is 1.84. The van der Waals surface area contributed by atoms with E-state index in [9.17, 15) is 20.0 Å². The third-order valence-corrected chi connectivity index (χ3v) is 1.84. The number of benzene rings is 1. The van der Waals surface area contributed by atoms with E-state index in [4.69, 9.17) is 5.73 Å². The second-order valence-corrected chi connectivity index (χ2v) is 3.07. The number of carbonyl (C=O) groups is 1. The minimum Gasteiger partial charge on any atom is -0.507 e. The zero-order valence-corrected chi connectivity index (χ0v) is 8.29. The molecule has 0 heterocycles. The standard InChI is InChI=1S/C10H10N2O4/c11-10(14)3-1-2-7-6-8(12(15)16)4-5-9(7)13/h1-2,4-6,13H,3H2,(H2,11,14). The largest absolute Gasteiger partial charge is 0.507 e. The lowest BCUT2D eigenvalue weighted by Gasteiger charge is -1.98. The Kier molecular flexibility index (Phi) is 3.60. The molecule has 6 nitrogen and oxygen atoms in total. The van der Waals surface area contributed by atoms with Crippen LogP contribution in [0.5, 0.6) is 5.75 Å². The van der Waals surface area contributed by atoms with E-state index in [1.807, 2.05) is 0 Å². The number of amides is 1. The number of primary amides is 1. The Balaban J connectivity index is 2.94. The van der Waals surface area contributed by atoms with Crippen molar-refractivity contribution in [2.75, 3.05) is 0 Å². The van der Waals surface area contributed by atoms with E-state index in [1.165, 1.54) is 30.4 Å².